The predicted molar refractivity (Wildman–Crippen MR) is 62.7 cm³/mol. The van der Waals surface area contributed by atoms with E-state index in [1.165, 1.54) is 19.2 Å². The van der Waals surface area contributed by atoms with E-state index in [-0.39, 0.29) is 5.75 Å². The van der Waals surface area contributed by atoms with Crippen molar-refractivity contribution in [2.24, 2.45) is 5.92 Å². The number of rotatable bonds is 6. The Labute approximate surface area is 100 Å². The van der Waals surface area contributed by atoms with E-state index in [4.69, 9.17) is 9.84 Å². The van der Waals surface area contributed by atoms with E-state index in [1.807, 2.05) is 6.92 Å². The second kappa shape index (κ2) is 6.23. The molecule has 0 spiro atoms. The first-order valence-corrected chi connectivity index (χ1v) is 5.63. The van der Waals surface area contributed by atoms with Gasteiger partial charge in [-0.1, -0.05) is 19.4 Å². The minimum absolute atomic E-state index is 0.177. The van der Waals surface area contributed by atoms with Crippen LogP contribution in [0.15, 0.2) is 18.2 Å². The van der Waals surface area contributed by atoms with Crippen LogP contribution in [-0.2, 0) is 11.2 Å². The highest BCUT2D eigenvalue weighted by molar-refractivity contribution is 5.70. The summed E-state index contributed by atoms with van der Waals surface area (Å²) >= 11 is 0. The Morgan fingerprint density at radius 1 is 1.53 bits per heavy atom. The molecule has 1 rings (SSSR count). The minimum Gasteiger partial charge on any atom is -0.494 e. The van der Waals surface area contributed by atoms with Crippen molar-refractivity contribution in [3.8, 4) is 5.75 Å². The highest BCUT2D eigenvalue weighted by Gasteiger charge is 2.17. The van der Waals surface area contributed by atoms with Crippen LogP contribution in [0.5, 0.6) is 5.75 Å². The number of aliphatic carboxylic acids is 1. The zero-order valence-corrected chi connectivity index (χ0v) is 10.1. The van der Waals surface area contributed by atoms with Gasteiger partial charge in [0.25, 0.3) is 0 Å². The summed E-state index contributed by atoms with van der Waals surface area (Å²) in [6.07, 6.45) is 1.75. The second-order valence-electron chi connectivity index (χ2n) is 4.00. The van der Waals surface area contributed by atoms with Crippen LogP contribution in [0.3, 0.4) is 0 Å². The molecule has 0 heterocycles. The lowest BCUT2D eigenvalue weighted by atomic mass is 9.95. The molecule has 1 aromatic carbocycles. The maximum absolute atomic E-state index is 13.4. The number of carboxylic acids is 1. The molecule has 1 N–H and O–H groups in total. The summed E-state index contributed by atoms with van der Waals surface area (Å²) < 4.78 is 18.2. The van der Waals surface area contributed by atoms with Crippen molar-refractivity contribution in [1.82, 2.24) is 0 Å². The summed E-state index contributed by atoms with van der Waals surface area (Å²) in [5.41, 5.74) is 0.684. The van der Waals surface area contributed by atoms with E-state index in [9.17, 15) is 9.18 Å². The zero-order valence-electron chi connectivity index (χ0n) is 10.1. The maximum Gasteiger partial charge on any atom is 0.306 e. The van der Waals surface area contributed by atoms with Crippen LogP contribution >= 0.6 is 0 Å². The van der Waals surface area contributed by atoms with Crippen LogP contribution in [0.1, 0.15) is 25.3 Å². The normalized spacial score (nSPS) is 12.2. The Morgan fingerprint density at radius 3 is 2.71 bits per heavy atom. The Bertz CT molecular complexity index is 390. The van der Waals surface area contributed by atoms with E-state index >= 15 is 0 Å². The van der Waals surface area contributed by atoms with Crippen LogP contribution < -0.4 is 4.74 Å². The first kappa shape index (κ1) is 13.5. The molecule has 0 radical (unpaired) electrons. The van der Waals surface area contributed by atoms with Crippen molar-refractivity contribution in [1.29, 1.82) is 0 Å². The van der Waals surface area contributed by atoms with Gasteiger partial charge in [0, 0.05) is 0 Å². The molecular formula is C13H17FO3. The summed E-state index contributed by atoms with van der Waals surface area (Å²) in [7, 11) is 1.40. The molecule has 3 nitrogen and oxygen atoms in total. The monoisotopic (exact) mass is 240 g/mol. The van der Waals surface area contributed by atoms with Crippen LogP contribution in [0.2, 0.25) is 0 Å². The molecule has 0 aliphatic carbocycles. The van der Waals surface area contributed by atoms with Crippen molar-refractivity contribution < 1.29 is 19.0 Å². The molecule has 0 aliphatic heterocycles. The molecular weight excluding hydrogens is 223 g/mol. The molecule has 0 saturated heterocycles. The third kappa shape index (κ3) is 3.73. The van der Waals surface area contributed by atoms with E-state index in [1.54, 1.807) is 6.07 Å². The van der Waals surface area contributed by atoms with Crippen LogP contribution in [0.25, 0.3) is 0 Å². The fourth-order valence-electron chi connectivity index (χ4n) is 1.78. The fourth-order valence-corrected chi connectivity index (χ4v) is 1.78. The number of hydrogen-bond acceptors (Lipinski definition) is 2. The predicted octanol–water partition coefficient (Wildman–Crippen LogP) is 2.88. The summed E-state index contributed by atoms with van der Waals surface area (Å²) in [5, 5.41) is 9.02. The van der Waals surface area contributed by atoms with Gasteiger partial charge in [0.15, 0.2) is 11.6 Å². The van der Waals surface area contributed by atoms with Gasteiger partial charge < -0.3 is 9.84 Å². The third-order valence-corrected chi connectivity index (χ3v) is 2.68. The molecule has 0 bridgehead atoms. The maximum atomic E-state index is 13.4. The summed E-state index contributed by atoms with van der Waals surface area (Å²) in [5.74, 6) is -1.56. The topological polar surface area (TPSA) is 46.5 Å². The highest BCUT2D eigenvalue weighted by Crippen LogP contribution is 2.21. The van der Waals surface area contributed by atoms with Gasteiger partial charge in [-0.3, -0.25) is 4.79 Å². The molecule has 4 heteroatoms. The molecule has 1 aromatic rings. The number of methoxy groups -OCH3 is 1. The fraction of sp³-hybridized carbons (Fsp3) is 0.462. The average Bonchev–Trinajstić information content (AvgIpc) is 2.28. The third-order valence-electron chi connectivity index (χ3n) is 2.68. The van der Waals surface area contributed by atoms with Crippen molar-refractivity contribution in [2.75, 3.05) is 7.11 Å². The Kier molecular flexibility index (Phi) is 4.94. The molecule has 94 valence electrons. The Morgan fingerprint density at radius 2 is 2.24 bits per heavy atom. The lowest BCUT2D eigenvalue weighted by molar-refractivity contribution is -0.141. The number of carboxylic acid groups (broad SMARTS) is 1. The largest absolute Gasteiger partial charge is 0.494 e. The Hall–Kier alpha value is -1.58. The van der Waals surface area contributed by atoms with E-state index < -0.39 is 17.7 Å². The van der Waals surface area contributed by atoms with Crippen molar-refractivity contribution in [2.45, 2.75) is 26.2 Å². The van der Waals surface area contributed by atoms with E-state index in [0.29, 0.717) is 18.4 Å². The van der Waals surface area contributed by atoms with Gasteiger partial charge in [0.05, 0.1) is 13.0 Å². The SMILES string of the molecule is CCCC(Cc1ccc(OC)c(F)c1)C(=O)O. The molecule has 0 amide bonds. The van der Waals surface area contributed by atoms with Crippen molar-refractivity contribution in [3.05, 3.63) is 29.6 Å². The lowest BCUT2D eigenvalue weighted by Gasteiger charge is -2.11. The number of halogens is 1. The van der Waals surface area contributed by atoms with Gasteiger partial charge in [-0.25, -0.2) is 4.39 Å². The highest BCUT2D eigenvalue weighted by atomic mass is 19.1. The van der Waals surface area contributed by atoms with Gasteiger partial charge in [0.1, 0.15) is 0 Å². The molecule has 17 heavy (non-hydrogen) atoms. The molecule has 1 unspecified atom stereocenters. The average molecular weight is 240 g/mol. The molecule has 1 atom stereocenters. The molecule has 0 fully saturated rings. The van der Waals surface area contributed by atoms with Crippen molar-refractivity contribution in [3.63, 3.8) is 0 Å². The second-order valence-corrected chi connectivity index (χ2v) is 4.00. The van der Waals surface area contributed by atoms with Gasteiger partial charge in [-0.15, -0.1) is 0 Å². The summed E-state index contributed by atoms with van der Waals surface area (Å²) in [6, 6.07) is 4.56. The quantitative estimate of drug-likeness (QED) is 0.831. The van der Waals surface area contributed by atoms with E-state index in [2.05, 4.69) is 0 Å². The lowest BCUT2D eigenvalue weighted by Crippen LogP contribution is -2.16. The first-order valence-electron chi connectivity index (χ1n) is 5.63. The first-order chi connectivity index (χ1) is 8.08. The van der Waals surface area contributed by atoms with Gasteiger partial charge in [0.2, 0.25) is 0 Å². The minimum atomic E-state index is -0.830. The number of carbonyl (C=O) groups is 1. The molecule has 0 aromatic heterocycles. The van der Waals surface area contributed by atoms with Crippen LogP contribution in [0.4, 0.5) is 4.39 Å². The van der Waals surface area contributed by atoms with Crippen LogP contribution in [-0.4, -0.2) is 18.2 Å². The number of hydrogen-bond donors (Lipinski definition) is 1. The number of ether oxygens (including phenoxy) is 1. The Balaban J connectivity index is 2.79. The number of benzene rings is 1. The summed E-state index contributed by atoms with van der Waals surface area (Å²) in [6.45, 7) is 1.94. The summed E-state index contributed by atoms with van der Waals surface area (Å²) in [4.78, 5) is 11.0. The molecule has 0 aliphatic rings. The smallest absolute Gasteiger partial charge is 0.306 e. The van der Waals surface area contributed by atoms with E-state index in [0.717, 1.165) is 6.42 Å². The zero-order chi connectivity index (χ0) is 12.8. The van der Waals surface area contributed by atoms with Crippen molar-refractivity contribution >= 4 is 5.97 Å². The molecule has 0 saturated carbocycles. The van der Waals surface area contributed by atoms with Crippen LogP contribution in [0, 0.1) is 11.7 Å². The van der Waals surface area contributed by atoms with Gasteiger partial charge in [-0.05, 0) is 30.5 Å². The standard InChI is InChI=1S/C13H17FO3/c1-3-4-10(13(15)16)7-9-5-6-12(17-2)11(14)8-9/h5-6,8,10H,3-4,7H2,1-2H3,(H,15,16). The van der Waals surface area contributed by atoms with Gasteiger partial charge in [-0.2, -0.15) is 0 Å². The van der Waals surface area contributed by atoms with Gasteiger partial charge >= 0.3 is 5.97 Å².